The smallest absolute Gasteiger partial charge is 0.0992 e. The summed E-state index contributed by atoms with van der Waals surface area (Å²) in [4.78, 5) is 0. The molecule has 0 atom stereocenters. The van der Waals surface area contributed by atoms with E-state index in [9.17, 15) is 0 Å². The summed E-state index contributed by atoms with van der Waals surface area (Å²) < 4.78 is 2.07. The summed E-state index contributed by atoms with van der Waals surface area (Å²) in [6.07, 6.45) is 0. The molecule has 2 aromatic carbocycles. The molecule has 2 aromatic rings. The van der Waals surface area contributed by atoms with Gasteiger partial charge in [-0.25, -0.2) is 0 Å². The SMILES string of the molecule is N#Cc1cccc(NCc2ccc(Br)c(Br)c2)c1. The van der Waals surface area contributed by atoms with E-state index in [-0.39, 0.29) is 0 Å². The fraction of sp³-hybridized carbons (Fsp3) is 0.0714. The van der Waals surface area contributed by atoms with Crippen LogP contribution in [0.25, 0.3) is 0 Å². The van der Waals surface area contributed by atoms with Crippen molar-refractivity contribution >= 4 is 37.5 Å². The maximum Gasteiger partial charge on any atom is 0.0992 e. The zero-order valence-electron chi connectivity index (χ0n) is 9.45. The van der Waals surface area contributed by atoms with E-state index in [1.165, 1.54) is 5.56 Å². The third-order valence-electron chi connectivity index (χ3n) is 2.47. The summed E-state index contributed by atoms with van der Waals surface area (Å²) in [5.41, 5.74) is 2.79. The van der Waals surface area contributed by atoms with Crippen molar-refractivity contribution in [3.63, 3.8) is 0 Å². The standard InChI is InChI=1S/C14H10Br2N2/c15-13-5-4-11(7-14(13)16)9-18-12-3-1-2-10(6-12)8-17/h1-7,18H,9H2. The second-order valence-corrected chi connectivity index (χ2v) is 5.50. The van der Waals surface area contributed by atoms with Gasteiger partial charge in [0.05, 0.1) is 11.6 Å². The first-order chi connectivity index (χ1) is 8.69. The second-order valence-electron chi connectivity index (χ2n) is 3.79. The van der Waals surface area contributed by atoms with Crippen molar-refractivity contribution in [2.45, 2.75) is 6.54 Å². The quantitative estimate of drug-likeness (QED) is 0.855. The van der Waals surface area contributed by atoms with Crippen LogP contribution in [0.4, 0.5) is 5.69 Å². The predicted molar refractivity (Wildman–Crippen MR) is 80.3 cm³/mol. The lowest BCUT2D eigenvalue weighted by atomic mass is 10.2. The first-order valence-electron chi connectivity index (χ1n) is 5.37. The molecule has 0 saturated carbocycles. The van der Waals surface area contributed by atoms with Gasteiger partial charge in [0.15, 0.2) is 0 Å². The van der Waals surface area contributed by atoms with E-state index in [2.05, 4.69) is 55.4 Å². The first kappa shape index (κ1) is 13.1. The van der Waals surface area contributed by atoms with Crippen molar-refractivity contribution in [2.24, 2.45) is 0 Å². The highest BCUT2D eigenvalue weighted by Crippen LogP contribution is 2.24. The Bertz CT molecular complexity index is 603. The molecule has 0 aliphatic rings. The Labute approximate surface area is 123 Å². The van der Waals surface area contributed by atoms with E-state index < -0.39 is 0 Å². The Kier molecular flexibility index (Phi) is 4.40. The number of nitriles is 1. The van der Waals surface area contributed by atoms with Gasteiger partial charge in [-0.2, -0.15) is 5.26 Å². The number of nitrogens with one attached hydrogen (secondary N) is 1. The van der Waals surface area contributed by atoms with Gasteiger partial charge in [0.2, 0.25) is 0 Å². The Morgan fingerprint density at radius 1 is 1.06 bits per heavy atom. The number of halogens is 2. The highest BCUT2D eigenvalue weighted by Gasteiger charge is 1.99. The van der Waals surface area contributed by atoms with Gasteiger partial charge in [0.25, 0.3) is 0 Å². The molecule has 0 aromatic heterocycles. The molecule has 0 radical (unpaired) electrons. The van der Waals surface area contributed by atoms with E-state index in [0.717, 1.165) is 21.2 Å². The van der Waals surface area contributed by atoms with Crippen molar-refractivity contribution < 1.29 is 0 Å². The molecule has 0 unspecified atom stereocenters. The van der Waals surface area contributed by atoms with Crippen molar-refractivity contribution in [3.05, 3.63) is 62.5 Å². The lowest BCUT2D eigenvalue weighted by molar-refractivity contribution is 1.14. The van der Waals surface area contributed by atoms with Crippen molar-refractivity contribution in [2.75, 3.05) is 5.32 Å². The van der Waals surface area contributed by atoms with Crippen molar-refractivity contribution in [1.29, 1.82) is 5.26 Å². The normalized spacial score (nSPS) is 9.83. The third-order valence-corrected chi connectivity index (χ3v) is 4.35. The maximum atomic E-state index is 8.83. The predicted octanol–water partition coefficient (Wildman–Crippen LogP) is 4.70. The fourth-order valence-electron chi connectivity index (χ4n) is 1.55. The molecule has 0 fully saturated rings. The van der Waals surface area contributed by atoms with Crippen LogP contribution in [-0.2, 0) is 6.54 Å². The summed E-state index contributed by atoms with van der Waals surface area (Å²) in [6, 6.07) is 15.7. The minimum Gasteiger partial charge on any atom is -0.381 e. The molecule has 0 heterocycles. The molecular formula is C14H10Br2N2. The van der Waals surface area contributed by atoms with Crippen LogP contribution in [-0.4, -0.2) is 0 Å². The molecule has 0 bridgehead atoms. The van der Waals surface area contributed by atoms with Gasteiger partial charge in [0.1, 0.15) is 0 Å². The summed E-state index contributed by atoms with van der Waals surface area (Å²) in [7, 11) is 0. The topological polar surface area (TPSA) is 35.8 Å². The van der Waals surface area contributed by atoms with Gasteiger partial charge in [-0.05, 0) is 67.8 Å². The van der Waals surface area contributed by atoms with Gasteiger partial charge in [-0.15, -0.1) is 0 Å². The molecule has 0 spiro atoms. The van der Waals surface area contributed by atoms with Crippen LogP contribution in [0.3, 0.4) is 0 Å². The zero-order chi connectivity index (χ0) is 13.0. The van der Waals surface area contributed by atoms with Crippen LogP contribution in [0.1, 0.15) is 11.1 Å². The van der Waals surface area contributed by atoms with E-state index >= 15 is 0 Å². The molecule has 2 rings (SSSR count). The monoisotopic (exact) mass is 364 g/mol. The Morgan fingerprint density at radius 3 is 2.61 bits per heavy atom. The molecule has 1 N–H and O–H groups in total. The highest BCUT2D eigenvalue weighted by atomic mass is 79.9. The number of anilines is 1. The van der Waals surface area contributed by atoms with Crippen molar-refractivity contribution in [3.8, 4) is 6.07 Å². The number of hydrogen-bond acceptors (Lipinski definition) is 2. The number of hydrogen-bond donors (Lipinski definition) is 1. The minimum atomic E-state index is 0.664. The van der Waals surface area contributed by atoms with Gasteiger partial charge in [0, 0.05) is 21.2 Å². The van der Waals surface area contributed by atoms with Gasteiger partial charge >= 0.3 is 0 Å². The molecule has 4 heteroatoms. The third kappa shape index (κ3) is 3.34. The van der Waals surface area contributed by atoms with Crippen LogP contribution in [0.2, 0.25) is 0 Å². The number of rotatable bonds is 3. The average molecular weight is 366 g/mol. The summed E-state index contributed by atoms with van der Waals surface area (Å²) >= 11 is 6.92. The molecule has 0 saturated heterocycles. The minimum absolute atomic E-state index is 0.664. The molecule has 0 aliphatic heterocycles. The van der Waals surface area contributed by atoms with E-state index in [4.69, 9.17) is 5.26 Å². The Balaban J connectivity index is 2.07. The largest absolute Gasteiger partial charge is 0.381 e. The van der Waals surface area contributed by atoms with Gasteiger partial charge in [-0.3, -0.25) is 0 Å². The Hall–Kier alpha value is -1.31. The van der Waals surface area contributed by atoms with E-state index in [0.29, 0.717) is 5.56 Å². The van der Waals surface area contributed by atoms with Crippen LogP contribution in [0.5, 0.6) is 0 Å². The van der Waals surface area contributed by atoms with Crippen LogP contribution >= 0.6 is 31.9 Å². The molecule has 0 amide bonds. The van der Waals surface area contributed by atoms with Gasteiger partial charge in [-0.1, -0.05) is 12.1 Å². The number of benzene rings is 2. The zero-order valence-corrected chi connectivity index (χ0v) is 12.6. The number of nitrogens with zero attached hydrogens (tertiary/aromatic N) is 1. The van der Waals surface area contributed by atoms with E-state index in [1.807, 2.05) is 24.3 Å². The van der Waals surface area contributed by atoms with E-state index in [1.54, 1.807) is 6.07 Å². The maximum absolute atomic E-state index is 8.83. The van der Waals surface area contributed by atoms with Crippen LogP contribution in [0, 0.1) is 11.3 Å². The van der Waals surface area contributed by atoms with Crippen molar-refractivity contribution in [1.82, 2.24) is 0 Å². The molecule has 2 nitrogen and oxygen atoms in total. The fourth-order valence-corrected chi connectivity index (χ4v) is 2.23. The lowest BCUT2D eigenvalue weighted by Gasteiger charge is -2.07. The Morgan fingerprint density at radius 2 is 1.89 bits per heavy atom. The summed E-state index contributed by atoms with van der Waals surface area (Å²) in [5, 5.41) is 12.1. The molecular weight excluding hydrogens is 356 g/mol. The van der Waals surface area contributed by atoms with Crippen LogP contribution < -0.4 is 5.32 Å². The van der Waals surface area contributed by atoms with Crippen LogP contribution in [0.15, 0.2) is 51.4 Å². The highest BCUT2D eigenvalue weighted by molar-refractivity contribution is 9.13. The lowest BCUT2D eigenvalue weighted by Crippen LogP contribution is -1.99. The first-order valence-corrected chi connectivity index (χ1v) is 6.95. The molecule has 0 aliphatic carbocycles. The van der Waals surface area contributed by atoms with Gasteiger partial charge < -0.3 is 5.32 Å². The summed E-state index contributed by atoms with van der Waals surface area (Å²) in [5.74, 6) is 0. The molecule has 18 heavy (non-hydrogen) atoms. The summed E-state index contributed by atoms with van der Waals surface area (Å²) in [6.45, 7) is 0.723. The second kappa shape index (κ2) is 6.03. The average Bonchev–Trinajstić information content (AvgIpc) is 2.40. The molecule has 90 valence electrons.